The van der Waals surface area contributed by atoms with Gasteiger partial charge in [0, 0.05) is 0 Å². The van der Waals surface area contributed by atoms with Crippen LogP contribution >= 0.6 is 0 Å². The molecular formula is C9H8N6O2. The molecule has 2 rings (SSSR count). The lowest BCUT2D eigenvalue weighted by molar-refractivity contribution is -0.138. The second kappa shape index (κ2) is 4.44. The lowest BCUT2D eigenvalue weighted by Crippen LogP contribution is -2.18. The van der Waals surface area contributed by atoms with Crippen molar-refractivity contribution in [2.24, 2.45) is 5.10 Å². The van der Waals surface area contributed by atoms with Crippen LogP contribution in [-0.2, 0) is 9.53 Å². The smallest absolute Gasteiger partial charge is 0.351 e. The second-order valence-corrected chi connectivity index (χ2v) is 2.99. The van der Waals surface area contributed by atoms with Gasteiger partial charge in [-0.05, 0) is 6.92 Å². The fourth-order valence-electron chi connectivity index (χ4n) is 1.22. The number of anilines is 1. The number of ether oxygens (including phenoxy) is 1. The third kappa shape index (κ3) is 1.98. The molecule has 0 amide bonds. The van der Waals surface area contributed by atoms with Crippen LogP contribution in [0.15, 0.2) is 22.7 Å². The number of nitrogens with zero attached hydrogens (tertiary/aromatic N) is 5. The summed E-state index contributed by atoms with van der Waals surface area (Å²) in [6.45, 7) is 1.86. The maximum atomic E-state index is 11.5. The molecule has 1 aromatic heterocycles. The SMILES string of the molecule is CCOC(=O)C(C#N)=C1C=Nn2cnnc2N1. The van der Waals surface area contributed by atoms with Crippen LogP contribution in [0, 0.1) is 11.3 Å². The number of hydrogen-bond donors (Lipinski definition) is 1. The van der Waals surface area contributed by atoms with Gasteiger partial charge < -0.3 is 10.1 Å². The van der Waals surface area contributed by atoms with Crippen LogP contribution < -0.4 is 5.32 Å². The van der Waals surface area contributed by atoms with Gasteiger partial charge in [0.2, 0.25) is 5.95 Å². The Bertz CT molecular complexity index is 550. The molecule has 1 aliphatic rings. The molecule has 1 N–H and O–H groups in total. The largest absolute Gasteiger partial charge is 0.462 e. The minimum atomic E-state index is -0.697. The van der Waals surface area contributed by atoms with Crippen molar-refractivity contribution in [1.82, 2.24) is 14.9 Å². The summed E-state index contributed by atoms with van der Waals surface area (Å²) in [5.41, 5.74) is 0.0938. The summed E-state index contributed by atoms with van der Waals surface area (Å²) in [7, 11) is 0. The first-order chi connectivity index (χ1) is 8.26. The zero-order valence-electron chi connectivity index (χ0n) is 8.91. The van der Waals surface area contributed by atoms with Gasteiger partial charge in [-0.3, -0.25) is 0 Å². The zero-order chi connectivity index (χ0) is 12.3. The van der Waals surface area contributed by atoms with Crippen LogP contribution in [0.1, 0.15) is 6.92 Å². The first-order valence-electron chi connectivity index (χ1n) is 4.79. The third-order valence-corrected chi connectivity index (χ3v) is 1.95. The monoisotopic (exact) mass is 232 g/mol. The van der Waals surface area contributed by atoms with E-state index < -0.39 is 5.97 Å². The summed E-state index contributed by atoms with van der Waals surface area (Å²) in [5.74, 6) is -0.364. The van der Waals surface area contributed by atoms with Gasteiger partial charge in [0.05, 0.1) is 18.5 Å². The molecule has 0 saturated heterocycles. The van der Waals surface area contributed by atoms with E-state index in [0.29, 0.717) is 5.95 Å². The van der Waals surface area contributed by atoms with Crippen LogP contribution in [0.5, 0.6) is 0 Å². The minimum Gasteiger partial charge on any atom is -0.462 e. The topological polar surface area (TPSA) is 105 Å². The summed E-state index contributed by atoms with van der Waals surface area (Å²) in [6.07, 6.45) is 2.73. The highest BCUT2D eigenvalue weighted by molar-refractivity contribution is 6.01. The molecular weight excluding hydrogens is 224 g/mol. The number of rotatable bonds is 2. The van der Waals surface area contributed by atoms with Gasteiger partial charge in [-0.2, -0.15) is 15.0 Å². The van der Waals surface area contributed by atoms with E-state index in [-0.39, 0.29) is 17.9 Å². The molecule has 1 aliphatic heterocycles. The number of fused-ring (bicyclic) bond motifs is 1. The van der Waals surface area contributed by atoms with Gasteiger partial charge in [0.25, 0.3) is 0 Å². The quantitative estimate of drug-likeness (QED) is 0.433. The van der Waals surface area contributed by atoms with Gasteiger partial charge in [0.15, 0.2) is 5.57 Å². The van der Waals surface area contributed by atoms with Crippen LogP contribution in [-0.4, -0.2) is 33.7 Å². The van der Waals surface area contributed by atoms with Crippen LogP contribution in [0.4, 0.5) is 5.95 Å². The predicted octanol–water partition coefficient (Wildman–Crippen LogP) is -0.122. The summed E-state index contributed by atoms with van der Waals surface area (Å²) in [6, 6.07) is 1.77. The third-order valence-electron chi connectivity index (χ3n) is 1.95. The molecule has 8 heteroatoms. The standard InChI is InChI=1S/C9H8N6O2/c1-2-17-8(16)6(3-10)7-4-12-15-5-11-14-9(15)13-7/h4-5H,2H2,1H3,(H,13,14). The predicted molar refractivity (Wildman–Crippen MR) is 56.8 cm³/mol. The van der Waals surface area contributed by atoms with E-state index in [1.54, 1.807) is 13.0 Å². The summed E-state index contributed by atoms with van der Waals surface area (Å²) >= 11 is 0. The van der Waals surface area contributed by atoms with Crippen molar-refractivity contribution in [2.45, 2.75) is 6.92 Å². The van der Waals surface area contributed by atoms with Crippen molar-refractivity contribution in [3.63, 3.8) is 0 Å². The fraction of sp³-hybridized carbons (Fsp3) is 0.222. The van der Waals surface area contributed by atoms with Crippen LogP contribution in [0.3, 0.4) is 0 Å². The molecule has 86 valence electrons. The van der Waals surface area contributed by atoms with E-state index in [9.17, 15) is 4.79 Å². The van der Waals surface area contributed by atoms with E-state index in [0.717, 1.165) is 0 Å². The summed E-state index contributed by atoms with van der Waals surface area (Å²) in [4.78, 5) is 11.5. The van der Waals surface area contributed by atoms with Crippen molar-refractivity contribution < 1.29 is 9.53 Å². The van der Waals surface area contributed by atoms with Crippen LogP contribution in [0.2, 0.25) is 0 Å². The van der Waals surface area contributed by atoms with Gasteiger partial charge >= 0.3 is 5.97 Å². The molecule has 8 nitrogen and oxygen atoms in total. The van der Waals surface area contributed by atoms with Gasteiger partial charge in [-0.15, -0.1) is 10.2 Å². The average Bonchev–Trinajstić information content (AvgIpc) is 2.77. The highest BCUT2D eigenvalue weighted by atomic mass is 16.5. The van der Waals surface area contributed by atoms with Crippen molar-refractivity contribution in [2.75, 3.05) is 11.9 Å². The molecule has 0 aromatic carbocycles. The first-order valence-corrected chi connectivity index (χ1v) is 4.79. The highest BCUT2D eigenvalue weighted by Crippen LogP contribution is 2.13. The van der Waals surface area contributed by atoms with Crippen molar-refractivity contribution >= 4 is 18.1 Å². The molecule has 0 radical (unpaired) electrons. The van der Waals surface area contributed by atoms with E-state index >= 15 is 0 Å². The Morgan fingerprint density at radius 2 is 2.53 bits per heavy atom. The highest BCUT2D eigenvalue weighted by Gasteiger charge is 2.19. The number of carbonyl (C=O) groups excluding carboxylic acids is 1. The van der Waals surface area contributed by atoms with E-state index in [1.165, 1.54) is 17.2 Å². The molecule has 0 fully saturated rings. The lowest BCUT2D eigenvalue weighted by atomic mass is 10.2. The van der Waals surface area contributed by atoms with E-state index in [4.69, 9.17) is 10.00 Å². The van der Waals surface area contributed by atoms with Crippen molar-refractivity contribution in [1.29, 1.82) is 5.26 Å². The molecule has 0 bridgehead atoms. The molecule has 0 aliphatic carbocycles. The zero-order valence-corrected chi connectivity index (χ0v) is 8.91. The number of esters is 1. The second-order valence-electron chi connectivity index (χ2n) is 2.99. The molecule has 0 saturated carbocycles. The number of allylic oxidation sites excluding steroid dienone is 1. The maximum absolute atomic E-state index is 11.5. The Morgan fingerprint density at radius 1 is 1.71 bits per heavy atom. The molecule has 0 spiro atoms. The Labute approximate surface area is 96.2 Å². The summed E-state index contributed by atoms with van der Waals surface area (Å²) in [5, 5.41) is 23.0. The number of hydrogen-bond acceptors (Lipinski definition) is 7. The number of nitriles is 1. The molecule has 1 aromatic rings. The minimum absolute atomic E-state index is 0.148. The summed E-state index contributed by atoms with van der Waals surface area (Å²) < 4.78 is 6.13. The molecule has 17 heavy (non-hydrogen) atoms. The van der Waals surface area contributed by atoms with E-state index in [2.05, 4.69) is 20.6 Å². The molecule has 0 unspecified atom stereocenters. The van der Waals surface area contributed by atoms with Crippen LogP contribution in [0.25, 0.3) is 0 Å². The van der Waals surface area contributed by atoms with Gasteiger partial charge in [-0.1, -0.05) is 0 Å². The van der Waals surface area contributed by atoms with Crippen molar-refractivity contribution in [3.05, 3.63) is 17.6 Å². The number of aromatic nitrogens is 3. The Hall–Kier alpha value is -2.69. The Morgan fingerprint density at radius 3 is 3.24 bits per heavy atom. The van der Waals surface area contributed by atoms with Gasteiger partial charge in [-0.25, -0.2) is 4.79 Å². The number of carbonyl (C=O) groups is 1. The number of nitrogens with one attached hydrogen (secondary N) is 1. The first kappa shape index (κ1) is 10.8. The van der Waals surface area contributed by atoms with Gasteiger partial charge in [0.1, 0.15) is 12.4 Å². The van der Waals surface area contributed by atoms with E-state index in [1.807, 2.05) is 0 Å². The normalized spacial score (nSPS) is 15.5. The Kier molecular flexibility index (Phi) is 2.83. The maximum Gasteiger partial charge on any atom is 0.351 e. The Balaban J connectivity index is 2.34. The lowest BCUT2D eigenvalue weighted by Gasteiger charge is -2.11. The molecule has 2 heterocycles. The molecule has 0 atom stereocenters. The van der Waals surface area contributed by atoms with Crippen molar-refractivity contribution in [3.8, 4) is 6.07 Å². The fourth-order valence-corrected chi connectivity index (χ4v) is 1.22. The average molecular weight is 232 g/mol.